The molecular weight excluding hydrogens is 190 g/mol. The maximum Gasteiger partial charge on any atom is 0.240 e. The fraction of sp³-hybridized carbons (Fsp3) is 0.818. The quantitative estimate of drug-likeness (QED) is 0.762. The summed E-state index contributed by atoms with van der Waals surface area (Å²) >= 11 is 0. The highest BCUT2D eigenvalue weighted by Gasteiger charge is 2.18. The van der Waals surface area contributed by atoms with Crippen LogP contribution in [0.25, 0.3) is 0 Å². The molecule has 0 saturated carbocycles. The molecule has 1 aromatic rings. The molecule has 0 aromatic carbocycles. The molecule has 0 bridgehead atoms. The summed E-state index contributed by atoms with van der Waals surface area (Å²) in [4.78, 5) is 6.73. The lowest BCUT2D eigenvalue weighted by Crippen LogP contribution is -2.33. The molecule has 4 heteroatoms. The van der Waals surface area contributed by atoms with E-state index in [0.717, 1.165) is 43.7 Å². The zero-order chi connectivity index (χ0) is 10.7. The zero-order valence-corrected chi connectivity index (χ0v) is 9.57. The lowest BCUT2D eigenvalue weighted by Gasteiger charge is -2.29. The number of hydrogen-bond acceptors (Lipinski definition) is 4. The van der Waals surface area contributed by atoms with Gasteiger partial charge in [-0.3, -0.25) is 4.90 Å². The highest BCUT2D eigenvalue weighted by Crippen LogP contribution is 2.17. The van der Waals surface area contributed by atoms with Gasteiger partial charge >= 0.3 is 0 Å². The van der Waals surface area contributed by atoms with Crippen molar-refractivity contribution in [3.05, 3.63) is 11.7 Å². The van der Waals surface area contributed by atoms with Gasteiger partial charge in [0.15, 0.2) is 5.82 Å². The monoisotopic (exact) mass is 209 g/mol. The highest BCUT2D eigenvalue weighted by molar-refractivity contribution is 4.86. The van der Waals surface area contributed by atoms with E-state index in [2.05, 4.69) is 22.0 Å². The van der Waals surface area contributed by atoms with Crippen molar-refractivity contribution in [2.24, 2.45) is 5.92 Å². The van der Waals surface area contributed by atoms with Crippen LogP contribution in [0.4, 0.5) is 0 Å². The van der Waals surface area contributed by atoms with Gasteiger partial charge in [0.25, 0.3) is 0 Å². The first-order valence-corrected chi connectivity index (χ1v) is 5.81. The molecule has 0 amide bonds. The average molecular weight is 209 g/mol. The molecule has 0 aliphatic carbocycles. The van der Waals surface area contributed by atoms with Gasteiger partial charge < -0.3 is 4.52 Å². The van der Waals surface area contributed by atoms with Crippen LogP contribution in [0.5, 0.6) is 0 Å². The fourth-order valence-corrected chi connectivity index (χ4v) is 2.12. The molecule has 2 rings (SSSR count). The summed E-state index contributed by atoms with van der Waals surface area (Å²) in [7, 11) is 0. The van der Waals surface area contributed by atoms with Crippen LogP contribution in [0.2, 0.25) is 0 Å². The molecule has 1 saturated heterocycles. The van der Waals surface area contributed by atoms with Crippen molar-refractivity contribution in [1.29, 1.82) is 0 Å². The van der Waals surface area contributed by atoms with E-state index in [9.17, 15) is 0 Å². The smallest absolute Gasteiger partial charge is 0.240 e. The summed E-state index contributed by atoms with van der Waals surface area (Å²) in [5, 5.41) is 3.91. The summed E-state index contributed by atoms with van der Waals surface area (Å²) < 4.78 is 5.19. The van der Waals surface area contributed by atoms with Crippen LogP contribution in [0, 0.1) is 5.92 Å². The fourth-order valence-electron chi connectivity index (χ4n) is 2.12. The van der Waals surface area contributed by atoms with E-state index < -0.39 is 0 Å². The first kappa shape index (κ1) is 10.6. The van der Waals surface area contributed by atoms with Crippen molar-refractivity contribution < 1.29 is 4.52 Å². The maximum absolute atomic E-state index is 5.19. The van der Waals surface area contributed by atoms with E-state index in [4.69, 9.17) is 4.52 Å². The molecule has 1 fully saturated rings. The second-order valence-electron chi connectivity index (χ2n) is 4.44. The second-order valence-corrected chi connectivity index (χ2v) is 4.44. The van der Waals surface area contributed by atoms with E-state index >= 15 is 0 Å². The number of rotatable bonds is 3. The van der Waals surface area contributed by atoms with Crippen molar-refractivity contribution in [1.82, 2.24) is 15.0 Å². The molecule has 1 aliphatic heterocycles. The molecule has 0 spiro atoms. The summed E-state index contributed by atoms with van der Waals surface area (Å²) in [5.74, 6) is 2.38. The Kier molecular flexibility index (Phi) is 3.36. The van der Waals surface area contributed by atoms with Crippen LogP contribution < -0.4 is 0 Å². The minimum Gasteiger partial charge on any atom is -0.338 e. The molecule has 1 atom stereocenters. The van der Waals surface area contributed by atoms with Gasteiger partial charge in [-0.05, 0) is 25.3 Å². The summed E-state index contributed by atoms with van der Waals surface area (Å²) in [6.45, 7) is 7.48. The third-order valence-corrected chi connectivity index (χ3v) is 2.93. The Hall–Kier alpha value is -0.900. The largest absolute Gasteiger partial charge is 0.338 e. The van der Waals surface area contributed by atoms with E-state index in [1.807, 2.05) is 6.92 Å². The van der Waals surface area contributed by atoms with Gasteiger partial charge in [0, 0.05) is 13.0 Å². The minimum absolute atomic E-state index is 0.765. The lowest BCUT2D eigenvalue weighted by molar-refractivity contribution is 0.157. The molecule has 0 N–H and O–H groups in total. The summed E-state index contributed by atoms with van der Waals surface area (Å²) in [5.41, 5.74) is 0. The number of hydrogen-bond donors (Lipinski definition) is 0. The van der Waals surface area contributed by atoms with Crippen molar-refractivity contribution in [3.8, 4) is 0 Å². The van der Waals surface area contributed by atoms with E-state index in [0.29, 0.717) is 0 Å². The number of aromatic nitrogens is 2. The molecule has 1 unspecified atom stereocenters. The number of nitrogens with zero attached hydrogens (tertiary/aromatic N) is 3. The molecular formula is C11H19N3O. The van der Waals surface area contributed by atoms with Crippen LogP contribution in [-0.4, -0.2) is 28.1 Å². The molecule has 0 radical (unpaired) electrons. The number of aryl methyl sites for hydroxylation is 1. The molecule has 84 valence electrons. The van der Waals surface area contributed by atoms with E-state index in [1.54, 1.807) is 0 Å². The van der Waals surface area contributed by atoms with E-state index in [-0.39, 0.29) is 0 Å². The Morgan fingerprint density at radius 3 is 3.07 bits per heavy atom. The Morgan fingerprint density at radius 1 is 1.53 bits per heavy atom. The zero-order valence-electron chi connectivity index (χ0n) is 9.57. The van der Waals surface area contributed by atoms with Gasteiger partial charge in [0.2, 0.25) is 5.89 Å². The van der Waals surface area contributed by atoms with Crippen LogP contribution in [-0.2, 0) is 13.0 Å². The third kappa shape index (κ3) is 2.78. The van der Waals surface area contributed by atoms with Crippen molar-refractivity contribution in [2.75, 3.05) is 13.1 Å². The highest BCUT2D eigenvalue weighted by atomic mass is 16.5. The van der Waals surface area contributed by atoms with Gasteiger partial charge in [-0.25, -0.2) is 0 Å². The molecule has 15 heavy (non-hydrogen) atoms. The summed E-state index contributed by atoms with van der Waals surface area (Å²) in [6.07, 6.45) is 3.48. The number of likely N-dealkylation sites (tertiary alicyclic amines) is 1. The van der Waals surface area contributed by atoms with Gasteiger partial charge in [-0.2, -0.15) is 4.98 Å². The predicted molar refractivity (Wildman–Crippen MR) is 57.4 cm³/mol. The minimum atomic E-state index is 0.765. The van der Waals surface area contributed by atoms with Gasteiger partial charge in [-0.1, -0.05) is 19.0 Å². The normalized spacial score (nSPS) is 23.2. The maximum atomic E-state index is 5.19. The molecule has 4 nitrogen and oxygen atoms in total. The topological polar surface area (TPSA) is 42.2 Å². The first-order valence-electron chi connectivity index (χ1n) is 5.81. The van der Waals surface area contributed by atoms with Crippen molar-refractivity contribution >= 4 is 0 Å². The van der Waals surface area contributed by atoms with Crippen LogP contribution in [0.1, 0.15) is 38.4 Å². The third-order valence-electron chi connectivity index (χ3n) is 2.93. The summed E-state index contributed by atoms with van der Waals surface area (Å²) in [6, 6.07) is 0. The second kappa shape index (κ2) is 4.75. The van der Waals surface area contributed by atoms with Crippen molar-refractivity contribution in [2.45, 2.75) is 39.7 Å². The Morgan fingerprint density at radius 2 is 2.40 bits per heavy atom. The predicted octanol–water partition coefficient (Wildman–Crippen LogP) is 1.86. The first-order chi connectivity index (χ1) is 7.28. The van der Waals surface area contributed by atoms with Crippen LogP contribution in [0.3, 0.4) is 0 Å². The van der Waals surface area contributed by atoms with Crippen molar-refractivity contribution in [3.63, 3.8) is 0 Å². The Labute approximate surface area is 90.7 Å². The SMILES string of the molecule is CCc1noc(CN2CCCC(C)C2)n1. The Balaban J connectivity index is 1.90. The standard InChI is InChI=1S/C11H19N3O/c1-3-10-12-11(15-13-10)8-14-6-4-5-9(2)7-14/h9H,3-8H2,1-2H3. The average Bonchev–Trinajstić information content (AvgIpc) is 2.65. The molecule has 1 aromatic heterocycles. The molecule has 1 aliphatic rings. The van der Waals surface area contributed by atoms with Crippen LogP contribution in [0.15, 0.2) is 4.52 Å². The van der Waals surface area contributed by atoms with Gasteiger partial charge in [0.1, 0.15) is 0 Å². The Bertz CT molecular complexity index is 311. The van der Waals surface area contributed by atoms with Gasteiger partial charge in [0.05, 0.1) is 6.54 Å². The number of piperidine rings is 1. The molecule has 2 heterocycles. The van der Waals surface area contributed by atoms with Crippen LogP contribution >= 0.6 is 0 Å². The lowest BCUT2D eigenvalue weighted by atomic mass is 10.0. The van der Waals surface area contributed by atoms with E-state index in [1.165, 1.54) is 12.8 Å². The van der Waals surface area contributed by atoms with Gasteiger partial charge in [-0.15, -0.1) is 0 Å².